The van der Waals surface area contributed by atoms with E-state index in [9.17, 15) is 13.7 Å². The highest BCUT2D eigenvalue weighted by molar-refractivity contribution is 7.90. The molecule has 4 N–H and O–H groups in total. The van der Waals surface area contributed by atoms with E-state index in [0.717, 1.165) is 58.6 Å². The van der Waals surface area contributed by atoms with Crippen LogP contribution in [0.5, 0.6) is 5.75 Å². The van der Waals surface area contributed by atoms with Gasteiger partial charge in [0.15, 0.2) is 0 Å². The fourth-order valence-electron chi connectivity index (χ4n) is 8.80. The number of azide groups is 1. The SMILES string of the molecule is C#Cc1cc(-c2cccc(C#N)c2)nc(NC(C)C)n1.CC(C)Nc1nc(Cl)cc(-c2cccc(C#N)c2)n1.CCc1cccc(CN=[N+]=[N-])n1.CCc1cccc(Cn2cc(-c3cc(-c4cccc(C#N)c4)nc(NC(C)C)n3)nn2)n1.CS(=O)(=O)c1nc(Cl)cc(Cl)n1.N#Cc1cccc(O[B]O)c1. The van der Waals surface area contributed by atoms with E-state index < -0.39 is 9.84 Å². The molecule has 7 aromatic heterocycles. The molecule has 0 spiro atoms. The van der Waals surface area contributed by atoms with Crippen molar-refractivity contribution >= 4 is 70.2 Å². The number of aromatic nitrogens is 13. The molecule has 4 aromatic carbocycles. The Balaban J connectivity index is 0.000000209. The third-order valence-corrected chi connectivity index (χ3v) is 14.8. The average Bonchev–Trinajstić information content (AvgIpc) is 1.45. The normalized spacial score (nSPS) is 10.2. The summed E-state index contributed by atoms with van der Waals surface area (Å²) < 4.78 is 28.2. The molecule has 0 saturated heterocycles. The molecule has 7 heterocycles. The molecule has 11 rings (SSSR count). The van der Waals surface area contributed by atoms with Crippen LogP contribution >= 0.6 is 34.8 Å². The number of pyridine rings is 2. The zero-order chi connectivity index (χ0) is 77.1. The molecule has 106 heavy (non-hydrogen) atoms. The first kappa shape index (κ1) is 82.5. The number of nitrogens with zero attached hydrogens (tertiary/aromatic N) is 20. The van der Waals surface area contributed by atoms with E-state index >= 15 is 0 Å². The summed E-state index contributed by atoms with van der Waals surface area (Å²) in [5.74, 6) is 4.45. The zero-order valence-electron chi connectivity index (χ0n) is 59.0. The number of terminal acetylenes is 1. The third kappa shape index (κ3) is 28.0. The lowest BCUT2D eigenvalue weighted by atomic mass is 10.1. The van der Waals surface area contributed by atoms with E-state index in [4.69, 9.17) is 67.6 Å². The molecule has 0 bridgehead atoms. The van der Waals surface area contributed by atoms with E-state index in [-0.39, 0.29) is 33.6 Å². The van der Waals surface area contributed by atoms with Crippen LogP contribution < -0.4 is 20.6 Å². The van der Waals surface area contributed by atoms with Crippen LogP contribution in [0.15, 0.2) is 174 Å². The van der Waals surface area contributed by atoms with Gasteiger partial charge in [0, 0.05) is 75.2 Å². The van der Waals surface area contributed by atoms with Crippen LogP contribution in [0.4, 0.5) is 17.8 Å². The van der Waals surface area contributed by atoms with Crippen molar-refractivity contribution in [1.82, 2.24) is 64.8 Å². The van der Waals surface area contributed by atoms with E-state index in [1.165, 1.54) is 12.1 Å². The summed E-state index contributed by atoms with van der Waals surface area (Å²) in [6.07, 6.45) is 10.1. The Hall–Kier alpha value is -12.5. The highest BCUT2D eigenvalue weighted by atomic mass is 35.5. The van der Waals surface area contributed by atoms with Crippen LogP contribution in [0.25, 0.3) is 55.6 Å². The first-order valence-corrected chi connectivity index (χ1v) is 35.3. The van der Waals surface area contributed by atoms with Gasteiger partial charge in [-0.15, -0.1) is 11.5 Å². The molecule has 1 radical (unpaired) electrons. The molecule has 32 heteroatoms. The van der Waals surface area contributed by atoms with Gasteiger partial charge in [-0.3, -0.25) is 9.97 Å². The highest BCUT2D eigenvalue weighted by Gasteiger charge is 2.16. The molecule has 11 aromatic rings. The van der Waals surface area contributed by atoms with Gasteiger partial charge in [-0.25, -0.2) is 53.0 Å². The van der Waals surface area contributed by atoms with Crippen LogP contribution in [0, 0.1) is 57.7 Å². The van der Waals surface area contributed by atoms with Crippen molar-refractivity contribution in [2.45, 2.75) is 105 Å². The monoisotopic (exact) mass is 1490 g/mol. The molecule has 0 saturated carbocycles. The predicted octanol–water partition coefficient (Wildman–Crippen LogP) is 14.5. The molecule has 0 amide bonds. The van der Waals surface area contributed by atoms with Gasteiger partial charge in [-0.1, -0.05) is 119 Å². The molecule has 0 aliphatic heterocycles. The van der Waals surface area contributed by atoms with Gasteiger partial charge >= 0.3 is 7.69 Å². The summed E-state index contributed by atoms with van der Waals surface area (Å²) in [4.78, 5) is 45.0. The predicted molar refractivity (Wildman–Crippen MR) is 409 cm³/mol. The second kappa shape index (κ2) is 42.2. The number of anilines is 3. The summed E-state index contributed by atoms with van der Waals surface area (Å²) in [7, 11) is -2.86. The van der Waals surface area contributed by atoms with Gasteiger partial charge in [-0.05, 0) is 151 Å². The van der Waals surface area contributed by atoms with Crippen LogP contribution in [0.3, 0.4) is 0 Å². The molecular formula is C74H70BCl3N23O4S. The minimum Gasteiger partial charge on any atom is -0.537 e. The first-order chi connectivity index (χ1) is 50.9. The van der Waals surface area contributed by atoms with Crippen LogP contribution in [-0.2, 0) is 35.8 Å². The second-order valence-electron chi connectivity index (χ2n) is 23.0. The van der Waals surface area contributed by atoms with Crippen molar-refractivity contribution in [2.75, 3.05) is 22.2 Å². The number of sulfone groups is 1. The van der Waals surface area contributed by atoms with Crippen molar-refractivity contribution in [3.05, 3.63) is 241 Å². The minimum atomic E-state index is -3.44. The lowest BCUT2D eigenvalue weighted by molar-refractivity contribution is 0.453. The summed E-state index contributed by atoms with van der Waals surface area (Å²) in [5.41, 5.74) is 20.6. The van der Waals surface area contributed by atoms with Gasteiger partial charge in [0.05, 0.1) is 94.3 Å². The molecule has 0 aliphatic rings. The van der Waals surface area contributed by atoms with E-state index in [2.05, 4.69) is 122 Å². The van der Waals surface area contributed by atoms with Crippen molar-refractivity contribution < 1.29 is 18.1 Å². The van der Waals surface area contributed by atoms with Gasteiger partial charge in [0.25, 0.3) is 0 Å². The van der Waals surface area contributed by atoms with Crippen molar-refractivity contribution in [1.29, 1.82) is 21.0 Å². The number of aryl methyl sites for hydroxylation is 2. The number of hydrogen-bond donors (Lipinski definition) is 4. The fraction of sp³-hybridized carbons (Fsp3) is 0.216. The Bertz CT molecular complexity index is 5160. The molecule has 0 unspecified atom stereocenters. The molecular weight excluding hydrogens is 1420 g/mol. The molecule has 0 aliphatic carbocycles. The topological polar surface area (TPSA) is 403 Å². The number of halogens is 3. The number of rotatable bonds is 19. The van der Waals surface area contributed by atoms with Gasteiger partial charge in [0.2, 0.25) is 32.8 Å². The third-order valence-electron chi connectivity index (χ3n) is 13.4. The quantitative estimate of drug-likeness (QED) is 0.0111. The van der Waals surface area contributed by atoms with Crippen LogP contribution in [0.2, 0.25) is 15.5 Å². The highest BCUT2D eigenvalue weighted by Crippen LogP contribution is 2.27. The van der Waals surface area contributed by atoms with Gasteiger partial charge < -0.3 is 25.6 Å². The minimum absolute atomic E-state index is 0.00965. The molecule has 0 fully saturated rings. The maximum absolute atomic E-state index is 10.9. The van der Waals surface area contributed by atoms with Crippen molar-refractivity contribution in [2.24, 2.45) is 5.11 Å². The number of nitrogens with one attached hydrogen (secondary N) is 3. The number of benzene rings is 4. The Morgan fingerprint density at radius 2 is 0.972 bits per heavy atom. The Morgan fingerprint density at radius 3 is 1.44 bits per heavy atom. The Morgan fingerprint density at radius 1 is 0.547 bits per heavy atom. The lowest BCUT2D eigenvalue weighted by Crippen LogP contribution is -2.13. The van der Waals surface area contributed by atoms with E-state index in [0.29, 0.717) is 106 Å². The largest absolute Gasteiger partial charge is 0.569 e. The summed E-state index contributed by atoms with van der Waals surface area (Å²) in [6, 6.07) is 55.6. The van der Waals surface area contributed by atoms with E-state index in [1.807, 2.05) is 146 Å². The molecule has 0 atom stereocenters. The second-order valence-corrected chi connectivity index (χ2v) is 26.1. The maximum atomic E-state index is 10.9. The standard InChI is InChI=1S/C24H24N8.C16H14N4.C14H13ClN4.C8H10N4.C7H5BNO2.C5H4Cl2N2O2S/c1-4-19-9-6-10-20(27-19)14-32-15-23(30-31-32)22-12-21(28-24(29-22)26-16(2)3)18-8-5-7-17(11-18)13-25;1-4-14-9-15(20-16(19-14)18-11(2)3)13-7-5-6-12(8-13)10-17;1-9(2)17-14-18-12(7-13(15)19-14)11-5-3-4-10(6-11)8-16;1-2-7-4-3-5-8(11-7)6-10-12-9;9-5-6-2-1-3-7(4-6)11-8-10;1-12(10,11)5-8-3(6)2-4(7)9-5/h5-12,15-16H,4,14H2,1-3H3,(H,26,28,29);1,5-9,11H,2-3H3,(H,18,19,20);3-7,9H,1-2H3,(H,17,18,19);3-5H,2,6H2,1H3;1-4,10H;2H,1H3. The summed E-state index contributed by atoms with van der Waals surface area (Å²) in [6.45, 7) is 17.1. The van der Waals surface area contributed by atoms with Crippen molar-refractivity contribution in [3.63, 3.8) is 0 Å². The Kier molecular flexibility index (Phi) is 32.8. The zero-order valence-corrected chi connectivity index (χ0v) is 62.0. The average molecular weight is 1490 g/mol. The molecule has 535 valence electrons. The fourth-order valence-corrected chi connectivity index (χ4v) is 10.0. The van der Waals surface area contributed by atoms with Gasteiger partial charge in [0.1, 0.15) is 32.6 Å². The van der Waals surface area contributed by atoms with E-state index in [1.54, 1.807) is 65.3 Å². The van der Waals surface area contributed by atoms with Crippen LogP contribution in [-0.4, -0.2) is 110 Å². The van der Waals surface area contributed by atoms with Crippen LogP contribution in [0.1, 0.15) is 106 Å². The van der Waals surface area contributed by atoms with Gasteiger partial charge in [-0.2, -0.15) is 21.0 Å². The summed E-state index contributed by atoms with van der Waals surface area (Å²) >= 11 is 16.9. The van der Waals surface area contributed by atoms with Crippen molar-refractivity contribution in [3.8, 4) is 87.5 Å². The molecule has 27 nitrogen and oxygen atoms in total. The lowest BCUT2D eigenvalue weighted by Gasteiger charge is -2.11. The smallest absolute Gasteiger partial charge is 0.537 e. The Labute approximate surface area is 630 Å². The summed E-state index contributed by atoms with van der Waals surface area (Å²) in [5, 5.41) is 65.4. The first-order valence-electron chi connectivity index (χ1n) is 32.3. The maximum Gasteiger partial charge on any atom is 0.569 e. The number of hydrogen-bond acceptors (Lipinski definition) is 24. The number of nitriles is 4.